The van der Waals surface area contributed by atoms with Crippen molar-refractivity contribution in [3.8, 4) is 0 Å². The van der Waals surface area contributed by atoms with E-state index < -0.39 is 24.9 Å². The van der Waals surface area contributed by atoms with Crippen LogP contribution < -0.4 is 5.73 Å². The quantitative estimate of drug-likeness (QED) is 0.658. The molecule has 1 atom stereocenters. The first kappa shape index (κ1) is 14.8. The first-order chi connectivity index (χ1) is 6.54. The van der Waals surface area contributed by atoms with E-state index >= 15 is 0 Å². The number of rotatable bonds is 6. The molecule has 0 aliphatic carbocycles. The first-order valence-electron chi connectivity index (χ1n) is 4.42. The standard InChI is InChI=1S/C7H18N2O4S2/c1-7(8)4-5-9(2)15(12,13)6-14(3,10)11/h7H,4-6,8H2,1-3H3. The van der Waals surface area contributed by atoms with Crippen LogP contribution >= 0.6 is 0 Å². The Hall–Kier alpha value is -0.180. The minimum absolute atomic E-state index is 0.110. The van der Waals surface area contributed by atoms with Crippen LogP contribution in [0.4, 0.5) is 0 Å². The van der Waals surface area contributed by atoms with Gasteiger partial charge in [-0.3, -0.25) is 0 Å². The average Bonchev–Trinajstić information content (AvgIpc) is 1.94. The van der Waals surface area contributed by atoms with Crippen molar-refractivity contribution in [1.82, 2.24) is 4.31 Å². The fourth-order valence-corrected chi connectivity index (χ4v) is 4.15. The number of hydrogen-bond acceptors (Lipinski definition) is 5. The van der Waals surface area contributed by atoms with E-state index in [9.17, 15) is 16.8 Å². The molecule has 0 heterocycles. The van der Waals surface area contributed by atoms with Gasteiger partial charge in [-0.25, -0.2) is 21.1 Å². The van der Waals surface area contributed by atoms with Crippen LogP contribution in [0.25, 0.3) is 0 Å². The molecule has 0 radical (unpaired) electrons. The van der Waals surface area contributed by atoms with Gasteiger partial charge in [-0.15, -0.1) is 0 Å². The van der Waals surface area contributed by atoms with E-state index in [-0.39, 0.29) is 12.6 Å². The highest BCUT2D eigenvalue weighted by atomic mass is 32.3. The second kappa shape index (κ2) is 5.24. The Kier molecular flexibility index (Phi) is 5.18. The highest BCUT2D eigenvalue weighted by Gasteiger charge is 2.23. The zero-order valence-electron chi connectivity index (χ0n) is 9.17. The van der Waals surface area contributed by atoms with Crippen LogP contribution in [0.1, 0.15) is 13.3 Å². The molecule has 0 bridgehead atoms. The Morgan fingerprint density at radius 3 is 2.07 bits per heavy atom. The van der Waals surface area contributed by atoms with Gasteiger partial charge in [-0.05, 0) is 13.3 Å². The van der Waals surface area contributed by atoms with E-state index in [2.05, 4.69) is 0 Å². The van der Waals surface area contributed by atoms with Crippen LogP contribution in [-0.2, 0) is 19.9 Å². The fraction of sp³-hybridized carbons (Fsp3) is 1.00. The van der Waals surface area contributed by atoms with Gasteiger partial charge in [-0.2, -0.15) is 0 Å². The monoisotopic (exact) mass is 258 g/mol. The predicted molar refractivity (Wildman–Crippen MR) is 59.5 cm³/mol. The third kappa shape index (κ3) is 6.82. The normalized spacial score (nSPS) is 15.5. The summed E-state index contributed by atoms with van der Waals surface area (Å²) in [6, 6.07) is -0.110. The summed E-state index contributed by atoms with van der Waals surface area (Å²) < 4.78 is 45.7. The van der Waals surface area contributed by atoms with E-state index in [1.807, 2.05) is 0 Å². The van der Waals surface area contributed by atoms with E-state index in [0.717, 1.165) is 10.6 Å². The average molecular weight is 258 g/mol. The Bertz CT molecular complexity index is 385. The van der Waals surface area contributed by atoms with Crippen LogP contribution in [0.2, 0.25) is 0 Å². The summed E-state index contributed by atoms with van der Waals surface area (Å²) >= 11 is 0. The molecule has 8 heteroatoms. The number of sulfonamides is 1. The summed E-state index contributed by atoms with van der Waals surface area (Å²) in [6.45, 7) is 1.99. The molecule has 92 valence electrons. The molecule has 0 aromatic carbocycles. The summed E-state index contributed by atoms with van der Waals surface area (Å²) in [6.07, 6.45) is 1.39. The Morgan fingerprint density at radius 2 is 1.73 bits per heavy atom. The van der Waals surface area contributed by atoms with Crippen LogP contribution in [0.3, 0.4) is 0 Å². The SMILES string of the molecule is CC(N)CCN(C)S(=O)(=O)CS(C)(=O)=O. The number of nitrogens with zero attached hydrogens (tertiary/aromatic N) is 1. The van der Waals surface area contributed by atoms with Crippen LogP contribution in [0.5, 0.6) is 0 Å². The summed E-state index contributed by atoms with van der Waals surface area (Å²) in [5.74, 6) is 0. The molecule has 2 N–H and O–H groups in total. The molecule has 1 unspecified atom stereocenters. The number of nitrogens with two attached hydrogens (primary N) is 1. The van der Waals surface area contributed by atoms with Gasteiger partial charge in [0.1, 0.15) is 0 Å². The molecule has 0 aliphatic heterocycles. The zero-order chi connectivity index (χ0) is 12.3. The molecular formula is C7H18N2O4S2. The number of hydrogen-bond donors (Lipinski definition) is 1. The molecule has 0 aromatic rings. The van der Waals surface area contributed by atoms with Crippen molar-refractivity contribution in [3.63, 3.8) is 0 Å². The lowest BCUT2D eigenvalue weighted by Crippen LogP contribution is -2.34. The van der Waals surface area contributed by atoms with Crippen molar-refractivity contribution < 1.29 is 16.8 Å². The largest absolute Gasteiger partial charge is 0.328 e. The molecule has 0 rings (SSSR count). The molecule has 0 aromatic heterocycles. The second-order valence-electron chi connectivity index (χ2n) is 3.74. The molecule has 0 saturated heterocycles. The van der Waals surface area contributed by atoms with Gasteiger partial charge >= 0.3 is 0 Å². The molecule has 15 heavy (non-hydrogen) atoms. The van der Waals surface area contributed by atoms with E-state index in [1.165, 1.54) is 7.05 Å². The van der Waals surface area contributed by atoms with Crippen LogP contribution in [-0.4, -0.2) is 52.1 Å². The van der Waals surface area contributed by atoms with Crippen molar-refractivity contribution in [2.75, 3.05) is 24.9 Å². The van der Waals surface area contributed by atoms with Crippen LogP contribution in [0.15, 0.2) is 0 Å². The smallest absolute Gasteiger partial charge is 0.228 e. The molecule has 0 fully saturated rings. The lowest BCUT2D eigenvalue weighted by Gasteiger charge is -2.17. The van der Waals surface area contributed by atoms with Crippen molar-refractivity contribution >= 4 is 19.9 Å². The summed E-state index contributed by atoms with van der Waals surface area (Å²) in [7, 11) is -5.90. The molecular weight excluding hydrogens is 240 g/mol. The summed E-state index contributed by atoms with van der Waals surface area (Å²) in [5, 5.41) is -0.852. The highest BCUT2D eigenvalue weighted by Crippen LogP contribution is 2.03. The third-order valence-electron chi connectivity index (χ3n) is 1.74. The molecule has 0 saturated carbocycles. The second-order valence-corrected chi connectivity index (χ2v) is 8.32. The molecule has 0 spiro atoms. The van der Waals surface area contributed by atoms with Crippen molar-refractivity contribution in [1.29, 1.82) is 0 Å². The summed E-state index contributed by atoms with van der Waals surface area (Å²) in [5.41, 5.74) is 5.47. The van der Waals surface area contributed by atoms with Crippen LogP contribution in [0, 0.1) is 0 Å². The van der Waals surface area contributed by atoms with Gasteiger partial charge in [0.05, 0.1) is 0 Å². The Balaban J connectivity index is 4.48. The van der Waals surface area contributed by atoms with E-state index in [4.69, 9.17) is 5.73 Å². The lowest BCUT2D eigenvalue weighted by atomic mass is 10.2. The third-order valence-corrected chi connectivity index (χ3v) is 5.77. The van der Waals surface area contributed by atoms with Crippen molar-refractivity contribution in [2.24, 2.45) is 5.73 Å². The Labute approximate surface area is 91.4 Å². The number of sulfone groups is 1. The molecule has 6 nitrogen and oxygen atoms in total. The van der Waals surface area contributed by atoms with Crippen molar-refractivity contribution in [3.05, 3.63) is 0 Å². The van der Waals surface area contributed by atoms with Gasteiger partial charge < -0.3 is 5.73 Å². The predicted octanol–water partition coefficient (Wildman–Crippen LogP) is -1.01. The van der Waals surface area contributed by atoms with Crippen molar-refractivity contribution in [2.45, 2.75) is 19.4 Å². The lowest BCUT2D eigenvalue weighted by molar-refractivity contribution is 0.449. The maximum atomic E-state index is 11.5. The highest BCUT2D eigenvalue weighted by molar-refractivity contribution is 8.06. The van der Waals surface area contributed by atoms with Gasteiger partial charge in [-0.1, -0.05) is 0 Å². The first-order valence-corrected chi connectivity index (χ1v) is 8.09. The minimum atomic E-state index is -3.72. The summed E-state index contributed by atoms with van der Waals surface area (Å²) in [4.78, 5) is 0. The van der Waals surface area contributed by atoms with Gasteiger partial charge in [0.15, 0.2) is 14.9 Å². The molecule has 0 amide bonds. The maximum absolute atomic E-state index is 11.5. The van der Waals surface area contributed by atoms with E-state index in [1.54, 1.807) is 6.92 Å². The molecule has 0 aliphatic rings. The topological polar surface area (TPSA) is 97.5 Å². The van der Waals surface area contributed by atoms with E-state index in [0.29, 0.717) is 6.42 Å². The van der Waals surface area contributed by atoms with Gasteiger partial charge in [0.2, 0.25) is 10.0 Å². The maximum Gasteiger partial charge on any atom is 0.228 e. The van der Waals surface area contributed by atoms with Gasteiger partial charge in [0.25, 0.3) is 0 Å². The zero-order valence-corrected chi connectivity index (χ0v) is 10.8. The Morgan fingerprint density at radius 1 is 1.27 bits per heavy atom. The van der Waals surface area contributed by atoms with Gasteiger partial charge in [0, 0.05) is 25.9 Å². The minimum Gasteiger partial charge on any atom is -0.328 e. The fourth-order valence-electron chi connectivity index (χ4n) is 0.885.